The molecule has 0 saturated carbocycles. The largest absolute Gasteiger partial charge is 0.440 e. The molecule has 0 atom stereocenters. The van der Waals surface area contributed by atoms with Gasteiger partial charge in [0.25, 0.3) is 0 Å². The summed E-state index contributed by atoms with van der Waals surface area (Å²) in [6.45, 7) is 4.09. The van der Waals surface area contributed by atoms with E-state index in [-0.39, 0.29) is 0 Å². The maximum atomic E-state index is 5.88. The van der Waals surface area contributed by atoms with Crippen molar-refractivity contribution in [3.8, 4) is 10.6 Å². The molecule has 0 fully saturated rings. The van der Waals surface area contributed by atoms with Crippen LogP contribution in [0.3, 0.4) is 0 Å². The average molecular weight is 271 g/mol. The molecule has 0 aliphatic rings. The van der Waals surface area contributed by atoms with Gasteiger partial charge in [-0.15, -0.1) is 11.3 Å². The summed E-state index contributed by atoms with van der Waals surface area (Å²) in [7, 11) is 0. The van der Waals surface area contributed by atoms with Gasteiger partial charge in [-0.3, -0.25) is 0 Å². The summed E-state index contributed by atoms with van der Waals surface area (Å²) in [4.78, 5) is 5.28. The fraction of sp³-hybridized carbons (Fsp3) is 0.417. The van der Waals surface area contributed by atoms with Crippen molar-refractivity contribution in [1.82, 2.24) is 10.3 Å². The first kappa shape index (κ1) is 12.6. The summed E-state index contributed by atoms with van der Waals surface area (Å²) in [5.41, 5.74) is 0. The van der Waals surface area contributed by atoms with Crippen molar-refractivity contribution in [3.63, 3.8) is 0 Å². The molecule has 5 heteroatoms. The Kier molecular flexibility index (Phi) is 4.59. The minimum atomic E-state index is 0.766. The molecule has 17 heavy (non-hydrogen) atoms. The minimum Gasteiger partial charge on any atom is -0.440 e. The second-order valence-corrected chi connectivity index (χ2v) is 5.44. The van der Waals surface area contributed by atoms with Gasteiger partial charge in [0.05, 0.1) is 15.4 Å². The highest BCUT2D eigenvalue weighted by Crippen LogP contribution is 2.31. The van der Waals surface area contributed by atoms with Crippen molar-refractivity contribution in [1.29, 1.82) is 0 Å². The third-order valence-corrected chi connectivity index (χ3v) is 3.56. The Labute approximate surface area is 110 Å². The van der Waals surface area contributed by atoms with Crippen molar-refractivity contribution in [2.24, 2.45) is 0 Å². The second-order valence-electron chi connectivity index (χ2n) is 3.72. The average Bonchev–Trinajstić information content (AvgIpc) is 2.93. The van der Waals surface area contributed by atoms with E-state index in [1.165, 1.54) is 11.3 Å². The lowest BCUT2D eigenvalue weighted by Gasteiger charge is -1.98. The molecule has 0 unspecified atom stereocenters. The van der Waals surface area contributed by atoms with E-state index >= 15 is 0 Å². The van der Waals surface area contributed by atoms with E-state index in [0.717, 1.165) is 46.8 Å². The summed E-state index contributed by atoms with van der Waals surface area (Å²) in [6.07, 6.45) is 3.72. The summed E-state index contributed by atoms with van der Waals surface area (Å²) in [6, 6.07) is 3.82. The van der Waals surface area contributed by atoms with E-state index in [1.807, 2.05) is 12.1 Å². The number of nitrogens with zero attached hydrogens (tertiary/aromatic N) is 1. The molecule has 0 aliphatic heterocycles. The molecule has 0 radical (unpaired) electrons. The zero-order chi connectivity index (χ0) is 12.1. The van der Waals surface area contributed by atoms with Crippen molar-refractivity contribution in [2.75, 3.05) is 13.1 Å². The molecule has 2 aromatic rings. The summed E-state index contributed by atoms with van der Waals surface area (Å²) < 4.78 is 6.43. The van der Waals surface area contributed by atoms with Crippen molar-refractivity contribution in [3.05, 3.63) is 28.6 Å². The molecule has 2 rings (SSSR count). The number of aromatic nitrogens is 1. The molecule has 0 amide bonds. The van der Waals surface area contributed by atoms with Gasteiger partial charge < -0.3 is 9.73 Å². The van der Waals surface area contributed by atoms with Crippen molar-refractivity contribution >= 4 is 22.9 Å². The molecule has 2 heterocycles. The first-order chi connectivity index (χ1) is 8.29. The quantitative estimate of drug-likeness (QED) is 0.815. The van der Waals surface area contributed by atoms with Gasteiger partial charge >= 0.3 is 0 Å². The standard InChI is InChI=1S/C12H15ClN2OS/c1-2-6-14-7-5-12-15-8-9(16-12)10-3-4-11(13)17-10/h3-4,8,14H,2,5-7H2,1H3. The first-order valence-electron chi connectivity index (χ1n) is 5.70. The van der Waals surface area contributed by atoms with Crippen LogP contribution in [0.25, 0.3) is 10.6 Å². The Bertz CT molecular complexity index is 467. The molecule has 0 aliphatic carbocycles. The van der Waals surface area contributed by atoms with Crippen LogP contribution in [0, 0.1) is 0 Å². The van der Waals surface area contributed by atoms with Crippen LogP contribution in [0.1, 0.15) is 19.2 Å². The van der Waals surface area contributed by atoms with Gasteiger partial charge in [-0.05, 0) is 25.1 Å². The molecule has 92 valence electrons. The highest BCUT2D eigenvalue weighted by Gasteiger charge is 2.08. The second kappa shape index (κ2) is 6.19. The van der Waals surface area contributed by atoms with E-state index in [2.05, 4.69) is 17.2 Å². The maximum Gasteiger partial charge on any atom is 0.196 e. The molecule has 0 bridgehead atoms. The zero-order valence-electron chi connectivity index (χ0n) is 9.70. The highest BCUT2D eigenvalue weighted by molar-refractivity contribution is 7.19. The van der Waals surface area contributed by atoms with E-state index in [0.29, 0.717) is 0 Å². The third-order valence-electron chi connectivity index (χ3n) is 2.31. The minimum absolute atomic E-state index is 0.766. The lowest BCUT2D eigenvalue weighted by atomic mass is 10.4. The monoisotopic (exact) mass is 270 g/mol. The van der Waals surface area contributed by atoms with Crippen molar-refractivity contribution < 1.29 is 4.42 Å². The Hall–Kier alpha value is -0.840. The predicted octanol–water partition coefficient (Wildman–Crippen LogP) is 3.60. The summed E-state index contributed by atoms with van der Waals surface area (Å²) >= 11 is 7.38. The molecule has 0 saturated heterocycles. The van der Waals surface area contributed by atoms with Crippen LogP contribution in [0.5, 0.6) is 0 Å². The lowest BCUT2D eigenvalue weighted by molar-refractivity contribution is 0.495. The molecule has 3 nitrogen and oxygen atoms in total. The number of oxazole rings is 1. The fourth-order valence-electron chi connectivity index (χ4n) is 1.48. The van der Waals surface area contributed by atoms with Gasteiger partial charge in [-0.1, -0.05) is 18.5 Å². The van der Waals surface area contributed by atoms with E-state index in [4.69, 9.17) is 16.0 Å². The number of halogens is 1. The van der Waals surface area contributed by atoms with Crippen LogP contribution < -0.4 is 5.32 Å². The van der Waals surface area contributed by atoms with E-state index in [1.54, 1.807) is 6.20 Å². The number of hydrogen-bond acceptors (Lipinski definition) is 4. The van der Waals surface area contributed by atoms with Crippen LogP contribution >= 0.6 is 22.9 Å². The molecule has 0 aromatic carbocycles. The van der Waals surface area contributed by atoms with Gasteiger partial charge in [0.15, 0.2) is 11.7 Å². The van der Waals surface area contributed by atoms with Gasteiger partial charge in [0, 0.05) is 13.0 Å². The first-order valence-corrected chi connectivity index (χ1v) is 6.90. The molecule has 0 spiro atoms. The summed E-state index contributed by atoms with van der Waals surface area (Å²) in [5.74, 6) is 1.57. The molecular formula is C12H15ClN2OS. The summed E-state index contributed by atoms with van der Waals surface area (Å²) in [5, 5.41) is 3.32. The Morgan fingerprint density at radius 1 is 1.41 bits per heavy atom. The van der Waals surface area contributed by atoms with Crippen LogP contribution in [0.15, 0.2) is 22.7 Å². The Morgan fingerprint density at radius 3 is 3.00 bits per heavy atom. The van der Waals surface area contributed by atoms with Gasteiger partial charge in [0.2, 0.25) is 0 Å². The fourth-order valence-corrected chi connectivity index (χ4v) is 2.47. The highest BCUT2D eigenvalue weighted by atomic mass is 35.5. The maximum absolute atomic E-state index is 5.88. The molecule has 1 N–H and O–H groups in total. The molecule has 2 aromatic heterocycles. The number of thiophene rings is 1. The van der Waals surface area contributed by atoms with Crippen LogP contribution in [0.4, 0.5) is 0 Å². The van der Waals surface area contributed by atoms with Gasteiger partial charge in [0.1, 0.15) is 0 Å². The SMILES string of the molecule is CCCNCCc1ncc(-c2ccc(Cl)s2)o1. The number of rotatable bonds is 6. The van der Waals surface area contributed by atoms with Gasteiger partial charge in [-0.25, -0.2) is 4.98 Å². The Balaban J connectivity index is 1.92. The predicted molar refractivity (Wildman–Crippen MR) is 71.7 cm³/mol. The molecular weight excluding hydrogens is 256 g/mol. The number of hydrogen-bond donors (Lipinski definition) is 1. The van der Waals surface area contributed by atoms with E-state index < -0.39 is 0 Å². The van der Waals surface area contributed by atoms with Crippen molar-refractivity contribution in [2.45, 2.75) is 19.8 Å². The third kappa shape index (κ3) is 3.56. The van der Waals surface area contributed by atoms with Gasteiger partial charge in [-0.2, -0.15) is 0 Å². The van der Waals surface area contributed by atoms with E-state index in [9.17, 15) is 0 Å². The topological polar surface area (TPSA) is 38.1 Å². The van der Waals surface area contributed by atoms with Crippen LogP contribution in [-0.2, 0) is 6.42 Å². The smallest absolute Gasteiger partial charge is 0.196 e. The van der Waals surface area contributed by atoms with Crippen LogP contribution in [0.2, 0.25) is 4.34 Å². The number of nitrogens with one attached hydrogen (secondary N) is 1. The van der Waals surface area contributed by atoms with Crippen LogP contribution in [-0.4, -0.2) is 18.1 Å². The Morgan fingerprint density at radius 2 is 2.29 bits per heavy atom. The normalized spacial score (nSPS) is 10.9. The zero-order valence-corrected chi connectivity index (χ0v) is 11.3. The lowest BCUT2D eigenvalue weighted by Crippen LogP contribution is -2.17.